The highest BCUT2D eigenvalue weighted by atomic mass is 16.3. The zero-order valence-electron chi connectivity index (χ0n) is 25.3. The number of likely N-dealkylation sites (N-methyl/N-ethyl adjacent to an activating group) is 1. The highest BCUT2D eigenvalue weighted by Gasteiger charge is 2.23. The van der Waals surface area contributed by atoms with Crippen LogP contribution in [0.3, 0.4) is 0 Å². The van der Waals surface area contributed by atoms with Gasteiger partial charge in [0.05, 0.1) is 11.9 Å². The number of aliphatic hydroxyl groups excluding tert-OH is 1. The summed E-state index contributed by atoms with van der Waals surface area (Å²) >= 11 is 0. The summed E-state index contributed by atoms with van der Waals surface area (Å²) in [6, 6.07) is 6.62. The van der Waals surface area contributed by atoms with Gasteiger partial charge in [0, 0.05) is 84.5 Å². The van der Waals surface area contributed by atoms with Gasteiger partial charge in [0.15, 0.2) is 0 Å². The van der Waals surface area contributed by atoms with Gasteiger partial charge in [-0.1, -0.05) is 13.3 Å². The number of aromatic nitrogens is 2. The minimum Gasteiger partial charge on any atom is -0.370 e. The van der Waals surface area contributed by atoms with Crippen molar-refractivity contribution < 1.29 is 9.90 Å². The van der Waals surface area contributed by atoms with E-state index in [-0.39, 0.29) is 18.5 Å². The summed E-state index contributed by atoms with van der Waals surface area (Å²) in [4.78, 5) is 23.2. The fourth-order valence-corrected chi connectivity index (χ4v) is 6.04. The van der Waals surface area contributed by atoms with E-state index in [1.54, 1.807) is 0 Å². The van der Waals surface area contributed by atoms with Gasteiger partial charge in [-0.25, -0.2) is 0 Å². The number of allylic oxidation sites excluding steroid dienone is 3. The van der Waals surface area contributed by atoms with Crippen LogP contribution in [0, 0.1) is 6.92 Å². The number of hydrogen-bond donors (Lipinski definition) is 3. The third kappa shape index (κ3) is 6.04. The van der Waals surface area contributed by atoms with Crippen LogP contribution in [0.1, 0.15) is 62.5 Å². The van der Waals surface area contributed by atoms with Gasteiger partial charge in [-0.15, -0.1) is 0 Å². The molecule has 3 aromatic rings. The number of dihydropyridines is 1. The molecule has 1 saturated heterocycles. The van der Waals surface area contributed by atoms with Crippen molar-refractivity contribution >= 4 is 22.5 Å². The number of piperazine rings is 1. The van der Waals surface area contributed by atoms with Crippen LogP contribution in [0.2, 0.25) is 0 Å². The van der Waals surface area contributed by atoms with Crippen molar-refractivity contribution in [3.05, 3.63) is 70.8 Å². The Bertz CT molecular complexity index is 1490. The third-order valence-corrected chi connectivity index (χ3v) is 8.31. The average molecular weight is 557 g/mol. The molecule has 0 spiro atoms. The lowest BCUT2D eigenvalue weighted by molar-refractivity contribution is 0.0954. The summed E-state index contributed by atoms with van der Waals surface area (Å²) in [6.45, 7) is 14.7. The smallest absolute Gasteiger partial charge is 0.252 e. The van der Waals surface area contributed by atoms with E-state index in [0.29, 0.717) is 5.56 Å². The number of pyridine rings is 1. The summed E-state index contributed by atoms with van der Waals surface area (Å²) in [6.07, 6.45) is 9.05. The maximum Gasteiger partial charge on any atom is 0.252 e. The van der Waals surface area contributed by atoms with Crippen LogP contribution in [0.5, 0.6) is 0 Å². The molecule has 0 bridgehead atoms. The number of benzene rings is 1. The molecule has 218 valence electrons. The minimum atomic E-state index is -0.805. The van der Waals surface area contributed by atoms with E-state index in [1.807, 2.05) is 25.4 Å². The van der Waals surface area contributed by atoms with E-state index in [4.69, 9.17) is 0 Å². The monoisotopic (exact) mass is 556 g/mol. The zero-order valence-corrected chi connectivity index (χ0v) is 25.3. The summed E-state index contributed by atoms with van der Waals surface area (Å²) in [7, 11) is 2.16. The van der Waals surface area contributed by atoms with E-state index >= 15 is 0 Å². The number of anilines is 1. The maximum absolute atomic E-state index is 13.9. The number of aryl methyl sites for hydroxylation is 1. The van der Waals surface area contributed by atoms with Crippen LogP contribution in [0.15, 0.2) is 59.7 Å². The number of nitrogens with one attached hydrogen (secondary N) is 2. The van der Waals surface area contributed by atoms with Crippen molar-refractivity contribution in [1.82, 2.24) is 25.1 Å². The molecule has 2 aromatic heterocycles. The summed E-state index contributed by atoms with van der Waals surface area (Å²) < 4.78 is 2.24. The molecule has 2 aliphatic heterocycles. The van der Waals surface area contributed by atoms with Crippen molar-refractivity contribution in [3.63, 3.8) is 0 Å². The molecule has 8 heteroatoms. The Labute approximate surface area is 243 Å². The Morgan fingerprint density at radius 2 is 1.88 bits per heavy atom. The second-order valence-corrected chi connectivity index (χ2v) is 11.8. The van der Waals surface area contributed by atoms with Gasteiger partial charge in [-0.2, -0.15) is 0 Å². The molecule has 5 rings (SSSR count). The Morgan fingerprint density at radius 3 is 2.59 bits per heavy atom. The number of rotatable bonds is 8. The predicted octanol–water partition coefficient (Wildman–Crippen LogP) is 5.00. The fraction of sp³-hybridized carbons (Fsp3) is 0.455. The number of nitrogens with zero attached hydrogens (tertiary/aromatic N) is 4. The molecule has 1 amide bonds. The van der Waals surface area contributed by atoms with Gasteiger partial charge in [-0.05, 0) is 82.1 Å². The first-order valence-electron chi connectivity index (χ1n) is 14.8. The Kier molecular flexibility index (Phi) is 8.52. The molecule has 0 saturated carbocycles. The zero-order chi connectivity index (χ0) is 29.3. The van der Waals surface area contributed by atoms with Gasteiger partial charge in [0.25, 0.3) is 5.91 Å². The van der Waals surface area contributed by atoms with Crippen LogP contribution in [-0.2, 0) is 0 Å². The molecular weight excluding hydrogens is 512 g/mol. The van der Waals surface area contributed by atoms with Crippen molar-refractivity contribution in [1.29, 1.82) is 0 Å². The maximum atomic E-state index is 13.9. The first-order valence-corrected chi connectivity index (χ1v) is 14.8. The first-order chi connectivity index (χ1) is 19.7. The number of carbonyl (C=O) groups is 1. The molecular formula is C33H44N6O2. The predicted molar refractivity (Wildman–Crippen MR) is 167 cm³/mol. The molecule has 1 atom stereocenters. The molecule has 1 unspecified atom stereocenters. The molecule has 3 N–H and O–H groups in total. The van der Waals surface area contributed by atoms with Crippen LogP contribution >= 0.6 is 0 Å². The van der Waals surface area contributed by atoms with E-state index in [2.05, 4.69) is 89.1 Å². The lowest BCUT2D eigenvalue weighted by Gasteiger charge is -2.34. The Hall–Kier alpha value is -3.62. The molecule has 8 nitrogen and oxygen atoms in total. The third-order valence-electron chi connectivity index (χ3n) is 8.31. The van der Waals surface area contributed by atoms with Gasteiger partial charge in [-0.3, -0.25) is 9.78 Å². The minimum absolute atomic E-state index is 0.147. The van der Waals surface area contributed by atoms with Gasteiger partial charge in [0.2, 0.25) is 0 Å². The number of fused-ring (bicyclic) bond motifs is 1. The van der Waals surface area contributed by atoms with E-state index in [9.17, 15) is 9.90 Å². The molecule has 1 fully saturated rings. The van der Waals surface area contributed by atoms with E-state index < -0.39 is 6.23 Å². The van der Waals surface area contributed by atoms with Crippen molar-refractivity contribution in [2.24, 2.45) is 0 Å². The second-order valence-electron chi connectivity index (χ2n) is 11.8. The molecule has 0 aliphatic carbocycles. The topological polar surface area (TPSA) is 85.7 Å². The number of aliphatic hydroxyl groups is 1. The SMILES string of the molecule is CCCC1=C(CNC(=O)c2cc(-c3cncc(N4CCN(C)CC4)c3)cc3c2c(C)cn3C(C)C)C(O)NC(C)=C1. The van der Waals surface area contributed by atoms with Crippen LogP contribution in [-0.4, -0.2) is 71.5 Å². The van der Waals surface area contributed by atoms with Crippen LogP contribution < -0.4 is 15.5 Å². The standard InChI is InChI=1S/C33H44N6O2/c1-7-8-24-13-23(5)36-33(41)29(24)19-35-32(40)28-15-25(16-30-31(28)22(4)20-39(30)21(2)3)26-14-27(18-34-17-26)38-11-9-37(6)10-12-38/h13-18,20-21,33,36,41H,7-12,19H2,1-6H3,(H,35,40). The van der Waals surface area contributed by atoms with Gasteiger partial charge >= 0.3 is 0 Å². The van der Waals surface area contributed by atoms with Crippen LogP contribution in [0.4, 0.5) is 5.69 Å². The number of amides is 1. The van der Waals surface area contributed by atoms with E-state index in [0.717, 1.165) is 89.1 Å². The van der Waals surface area contributed by atoms with Gasteiger partial charge < -0.3 is 30.1 Å². The molecule has 0 radical (unpaired) electrons. The molecule has 41 heavy (non-hydrogen) atoms. The fourth-order valence-electron chi connectivity index (χ4n) is 6.04. The van der Waals surface area contributed by atoms with E-state index in [1.165, 1.54) is 0 Å². The molecule has 4 heterocycles. The quantitative estimate of drug-likeness (QED) is 0.362. The lowest BCUT2D eigenvalue weighted by Crippen LogP contribution is -2.44. The summed E-state index contributed by atoms with van der Waals surface area (Å²) in [5, 5.41) is 18.0. The average Bonchev–Trinajstić information content (AvgIpc) is 3.29. The first kappa shape index (κ1) is 28.9. The highest BCUT2D eigenvalue weighted by Crippen LogP contribution is 2.34. The second kappa shape index (κ2) is 12.1. The molecule has 1 aromatic carbocycles. The van der Waals surface area contributed by atoms with Crippen molar-refractivity contribution in [2.75, 3.05) is 44.7 Å². The normalized spacial score (nSPS) is 18.2. The van der Waals surface area contributed by atoms with Crippen LogP contribution in [0.25, 0.3) is 22.0 Å². The number of carbonyl (C=O) groups excluding carboxylic acids is 1. The van der Waals surface area contributed by atoms with Gasteiger partial charge in [0.1, 0.15) is 6.23 Å². The van der Waals surface area contributed by atoms with Crippen molar-refractivity contribution in [2.45, 2.75) is 59.7 Å². The Balaban J connectivity index is 1.53. The Morgan fingerprint density at radius 1 is 1.12 bits per heavy atom. The van der Waals surface area contributed by atoms with Crippen molar-refractivity contribution in [3.8, 4) is 11.1 Å². The summed E-state index contributed by atoms with van der Waals surface area (Å²) in [5.41, 5.74) is 8.65. The summed E-state index contributed by atoms with van der Waals surface area (Å²) in [5.74, 6) is -0.147. The highest BCUT2D eigenvalue weighted by molar-refractivity contribution is 6.09. The largest absolute Gasteiger partial charge is 0.370 e. The number of hydrogen-bond acceptors (Lipinski definition) is 6. The molecule has 2 aliphatic rings. The lowest BCUT2D eigenvalue weighted by atomic mass is 9.97.